The van der Waals surface area contributed by atoms with E-state index in [2.05, 4.69) is 14.8 Å². The van der Waals surface area contributed by atoms with E-state index in [1.165, 1.54) is 12.8 Å². The summed E-state index contributed by atoms with van der Waals surface area (Å²) in [6.45, 7) is 4.57. The molecule has 2 amide bonds. The fraction of sp³-hybridized carbons (Fsp3) is 0.682. The third kappa shape index (κ3) is 3.27. The fourth-order valence-corrected chi connectivity index (χ4v) is 5.78. The summed E-state index contributed by atoms with van der Waals surface area (Å²) >= 11 is 0. The molecule has 0 radical (unpaired) electrons. The number of aromatic nitrogens is 1. The molecule has 0 aromatic carbocycles. The topological polar surface area (TPSA) is 56.8 Å². The summed E-state index contributed by atoms with van der Waals surface area (Å²) < 4.78 is 0. The molecule has 1 aromatic heterocycles. The van der Waals surface area contributed by atoms with Gasteiger partial charge >= 0.3 is 0 Å². The molecule has 4 saturated heterocycles. The van der Waals surface area contributed by atoms with Gasteiger partial charge in [0.15, 0.2) is 0 Å². The molecule has 0 unspecified atom stereocenters. The van der Waals surface area contributed by atoms with Gasteiger partial charge in [0.05, 0.1) is 5.56 Å². The Kier molecular flexibility index (Phi) is 4.73. The van der Waals surface area contributed by atoms with Crippen LogP contribution in [-0.2, 0) is 4.79 Å². The lowest BCUT2D eigenvalue weighted by Gasteiger charge is -2.52. The molecule has 0 aliphatic carbocycles. The van der Waals surface area contributed by atoms with Gasteiger partial charge in [0, 0.05) is 51.4 Å². The average Bonchev–Trinajstić information content (AvgIpc) is 2.75. The predicted octanol–water partition coefficient (Wildman–Crippen LogP) is 2.54. The van der Waals surface area contributed by atoms with Gasteiger partial charge < -0.3 is 14.7 Å². The molecule has 5 rings (SSSR count). The SMILES string of the molecule is O=C(c1ccc(N2C[C@H]3C[C@H](C2)[C@H]2CCCC(=O)N2C3)nc1)N1CCCCC1. The second kappa shape index (κ2) is 7.37. The first-order valence-corrected chi connectivity index (χ1v) is 11.0. The number of piperidine rings is 4. The van der Waals surface area contributed by atoms with Crippen LogP contribution in [0.1, 0.15) is 55.3 Å². The average molecular weight is 383 g/mol. The molecule has 150 valence electrons. The van der Waals surface area contributed by atoms with E-state index in [-0.39, 0.29) is 5.91 Å². The van der Waals surface area contributed by atoms with Crippen molar-refractivity contribution in [2.45, 2.75) is 51.0 Å². The van der Waals surface area contributed by atoms with Crippen LogP contribution in [0, 0.1) is 11.8 Å². The Hall–Kier alpha value is -2.11. The number of rotatable bonds is 2. The molecule has 4 aliphatic rings. The van der Waals surface area contributed by atoms with E-state index < -0.39 is 0 Å². The molecule has 28 heavy (non-hydrogen) atoms. The number of hydrogen-bond donors (Lipinski definition) is 0. The van der Waals surface area contributed by atoms with Crippen LogP contribution in [-0.4, -0.2) is 65.4 Å². The smallest absolute Gasteiger partial charge is 0.255 e. The van der Waals surface area contributed by atoms with Gasteiger partial charge in [0.2, 0.25) is 5.91 Å². The van der Waals surface area contributed by atoms with Crippen LogP contribution >= 0.6 is 0 Å². The van der Waals surface area contributed by atoms with Crippen LogP contribution in [0.15, 0.2) is 18.3 Å². The molecule has 5 heterocycles. The van der Waals surface area contributed by atoms with Gasteiger partial charge in [0.25, 0.3) is 5.91 Å². The molecular weight excluding hydrogens is 352 g/mol. The van der Waals surface area contributed by atoms with Crippen LogP contribution in [0.2, 0.25) is 0 Å². The van der Waals surface area contributed by atoms with Crippen molar-refractivity contribution in [3.63, 3.8) is 0 Å². The zero-order chi connectivity index (χ0) is 19.1. The van der Waals surface area contributed by atoms with E-state index in [1.807, 2.05) is 17.0 Å². The zero-order valence-electron chi connectivity index (χ0n) is 16.6. The van der Waals surface area contributed by atoms with E-state index in [4.69, 9.17) is 0 Å². The van der Waals surface area contributed by atoms with E-state index >= 15 is 0 Å². The fourth-order valence-electron chi connectivity index (χ4n) is 5.78. The summed E-state index contributed by atoms with van der Waals surface area (Å²) in [5, 5.41) is 0. The van der Waals surface area contributed by atoms with Crippen molar-refractivity contribution in [3.05, 3.63) is 23.9 Å². The summed E-state index contributed by atoms with van der Waals surface area (Å²) in [5.41, 5.74) is 0.701. The number of anilines is 1. The minimum atomic E-state index is 0.116. The number of carbonyl (C=O) groups excluding carboxylic acids is 2. The Balaban J connectivity index is 1.28. The molecule has 6 heteroatoms. The van der Waals surface area contributed by atoms with Crippen molar-refractivity contribution < 1.29 is 9.59 Å². The second-order valence-electron chi connectivity index (χ2n) is 9.03. The van der Waals surface area contributed by atoms with E-state index in [0.29, 0.717) is 29.3 Å². The van der Waals surface area contributed by atoms with Crippen molar-refractivity contribution in [3.8, 4) is 0 Å². The first-order valence-electron chi connectivity index (χ1n) is 11.0. The third-order valence-corrected chi connectivity index (χ3v) is 7.14. The lowest BCUT2D eigenvalue weighted by atomic mass is 9.76. The maximum Gasteiger partial charge on any atom is 0.255 e. The molecule has 6 nitrogen and oxygen atoms in total. The van der Waals surface area contributed by atoms with Crippen molar-refractivity contribution in [1.82, 2.24) is 14.8 Å². The Labute approximate surface area is 166 Å². The van der Waals surface area contributed by atoms with Crippen LogP contribution in [0.5, 0.6) is 0 Å². The van der Waals surface area contributed by atoms with Gasteiger partial charge in [-0.15, -0.1) is 0 Å². The maximum absolute atomic E-state index is 12.7. The monoisotopic (exact) mass is 382 g/mol. The number of hydrogen-bond acceptors (Lipinski definition) is 4. The zero-order valence-corrected chi connectivity index (χ0v) is 16.6. The minimum absolute atomic E-state index is 0.116. The summed E-state index contributed by atoms with van der Waals surface area (Å²) in [5.74, 6) is 2.53. The summed E-state index contributed by atoms with van der Waals surface area (Å²) in [6.07, 6.45) is 9.34. The van der Waals surface area contributed by atoms with Gasteiger partial charge in [-0.25, -0.2) is 4.98 Å². The van der Waals surface area contributed by atoms with E-state index in [0.717, 1.165) is 70.6 Å². The Bertz CT molecular complexity index is 743. The quantitative estimate of drug-likeness (QED) is 0.789. The largest absolute Gasteiger partial charge is 0.356 e. The van der Waals surface area contributed by atoms with Gasteiger partial charge in [-0.3, -0.25) is 9.59 Å². The first kappa shape index (κ1) is 18.0. The van der Waals surface area contributed by atoms with E-state index in [9.17, 15) is 9.59 Å². The van der Waals surface area contributed by atoms with Gasteiger partial charge in [-0.05, 0) is 62.5 Å². The van der Waals surface area contributed by atoms with Gasteiger partial charge in [0.1, 0.15) is 5.82 Å². The number of nitrogens with zero attached hydrogens (tertiary/aromatic N) is 4. The Morgan fingerprint density at radius 2 is 1.89 bits per heavy atom. The highest BCUT2D eigenvalue weighted by Crippen LogP contribution is 2.38. The molecular formula is C22H30N4O2. The molecule has 4 aliphatic heterocycles. The molecule has 0 saturated carbocycles. The van der Waals surface area contributed by atoms with Crippen molar-refractivity contribution in [2.24, 2.45) is 11.8 Å². The van der Waals surface area contributed by atoms with Crippen LogP contribution in [0.4, 0.5) is 5.82 Å². The lowest BCUT2D eigenvalue weighted by Crippen LogP contribution is -2.60. The molecule has 1 aromatic rings. The predicted molar refractivity (Wildman–Crippen MR) is 107 cm³/mol. The van der Waals surface area contributed by atoms with Crippen LogP contribution < -0.4 is 4.90 Å². The highest BCUT2D eigenvalue weighted by Gasteiger charge is 2.44. The number of likely N-dealkylation sites (tertiary alicyclic amines) is 1. The second-order valence-corrected chi connectivity index (χ2v) is 9.03. The standard InChI is InChI=1S/C22H30N4O2/c27-21-6-4-5-19-18-11-16(14-26(19)21)13-25(15-18)20-8-7-17(12-23-20)22(28)24-9-2-1-3-10-24/h7-8,12,16,18-19H,1-6,9-11,13-15H2/t16-,18-,19-/m1/s1. The third-order valence-electron chi connectivity index (χ3n) is 7.14. The molecule has 0 N–H and O–H groups in total. The summed E-state index contributed by atoms with van der Waals surface area (Å²) in [7, 11) is 0. The van der Waals surface area contributed by atoms with Crippen molar-refractivity contribution >= 4 is 17.6 Å². The highest BCUT2D eigenvalue weighted by atomic mass is 16.2. The summed E-state index contributed by atoms with van der Waals surface area (Å²) in [6, 6.07) is 4.38. The molecule has 2 bridgehead atoms. The van der Waals surface area contributed by atoms with E-state index in [1.54, 1.807) is 6.20 Å². The number of fused-ring (bicyclic) bond motifs is 4. The molecule has 3 atom stereocenters. The Morgan fingerprint density at radius 3 is 2.68 bits per heavy atom. The van der Waals surface area contributed by atoms with Gasteiger partial charge in [-0.1, -0.05) is 0 Å². The maximum atomic E-state index is 12.7. The molecule has 0 spiro atoms. The normalized spacial score (nSPS) is 30.2. The molecule has 4 fully saturated rings. The summed E-state index contributed by atoms with van der Waals surface area (Å²) in [4.78, 5) is 36.2. The van der Waals surface area contributed by atoms with Gasteiger partial charge in [-0.2, -0.15) is 0 Å². The first-order chi connectivity index (χ1) is 13.7. The van der Waals surface area contributed by atoms with Crippen LogP contribution in [0.25, 0.3) is 0 Å². The number of amides is 2. The van der Waals surface area contributed by atoms with Crippen LogP contribution in [0.3, 0.4) is 0 Å². The number of carbonyl (C=O) groups is 2. The number of pyridine rings is 1. The minimum Gasteiger partial charge on any atom is -0.356 e. The van der Waals surface area contributed by atoms with Crippen molar-refractivity contribution in [2.75, 3.05) is 37.6 Å². The highest BCUT2D eigenvalue weighted by molar-refractivity contribution is 5.94. The lowest BCUT2D eigenvalue weighted by molar-refractivity contribution is -0.142. The van der Waals surface area contributed by atoms with Crippen molar-refractivity contribution in [1.29, 1.82) is 0 Å². The Morgan fingerprint density at radius 1 is 1.04 bits per heavy atom.